The van der Waals surface area contributed by atoms with Gasteiger partial charge in [-0.1, -0.05) is 93.6 Å². The van der Waals surface area contributed by atoms with Crippen LogP contribution in [0, 0.1) is 34.0 Å². The molecular formula is C92H105N5O6. The molecule has 6 saturated carbocycles. The lowest BCUT2D eigenvalue weighted by Gasteiger charge is -2.56. The number of aromatic nitrogens is 3. The Kier molecular flexibility index (Phi) is 14.2. The highest BCUT2D eigenvalue weighted by Gasteiger charge is 2.71. The lowest BCUT2D eigenvalue weighted by molar-refractivity contribution is -0.157. The SMILES string of the molecule is CC1(O)CN([C@@H]2CCC3=CC4=CC[C@]5(C)[C@@H](c6ccc7ccncc7c6)CC[C@H]5[C@@]45CC[C@]3(C2)O5)C1.CC1(O)CN([C@H]2CCC3=CC4=CC[C@]5(C)[C@@H](c6ccc7ccncc7c6)CC[C@H]5[C@@]45CC[C@]3(C2)O5)C1.C[C@]12CC=C3C=C4CCC(=O)C[C@]45CC[C@]3(O5)[C@@H]1CC[C@@H]2c1ccc2ccncc2c1. The minimum Gasteiger partial charge on any atom is -0.388 e. The van der Waals surface area contributed by atoms with Gasteiger partial charge >= 0.3 is 0 Å². The summed E-state index contributed by atoms with van der Waals surface area (Å²) in [5.41, 5.74) is 12.2. The fraction of sp³-hybridized carbons (Fsp3) is 0.565. The van der Waals surface area contributed by atoms with E-state index < -0.39 is 11.2 Å². The first-order chi connectivity index (χ1) is 49.6. The number of rotatable bonds is 5. The van der Waals surface area contributed by atoms with Crippen LogP contribution in [0.2, 0.25) is 0 Å². The third-order valence-electron chi connectivity index (χ3n) is 32.2. The Bertz CT molecular complexity index is 4570. The number of pyridine rings is 3. The van der Waals surface area contributed by atoms with Gasteiger partial charge in [0.1, 0.15) is 5.78 Å². The van der Waals surface area contributed by atoms with E-state index in [4.69, 9.17) is 14.2 Å². The number of likely N-dealkylation sites (tertiary alicyclic amines) is 2. The number of allylic oxidation sites excluding steroid dienone is 3. The molecule has 11 heteroatoms. The lowest BCUT2D eigenvalue weighted by atomic mass is 9.58. The Morgan fingerprint density at radius 2 is 0.767 bits per heavy atom. The fourth-order valence-electron chi connectivity index (χ4n) is 27.4. The highest BCUT2D eigenvalue weighted by molar-refractivity contribution is 5.85. The number of hydrogen-bond acceptors (Lipinski definition) is 11. The number of nitrogens with zero attached hydrogens (tertiary/aromatic N) is 5. The molecule has 103 heavy (non-hydrogen) atoms. The summed E-state index contributed by atoms with van der Waals surface area (Å²) in [6, 6.07) is 28.5. The number of benzene rings is 3. The summed E-state index contributed by atoms with van der Waals surface area (Å²) in [5.74, 6) is 3.70. The Balaban J connectivity index is 0.000000100. The summed E-state index contributed by atoms with van der Waals surface area (Å²) in [6.45, 7) is 14.8. The smallest absolute Gasteiger partial charge is 0.136 e. The van der Waals surface area contributed by atoms with Gasteiger partial charge in [-0.2, -0.15) is 0 Å². The van der Waals surface area contributed by atoms with Crippen LogP contribution >= 0.6 is 0 Å². The summed E-state index contributed by atoms with van der Waals surface area (Å²) >= 11 is 0. The summed E-state index contributed by atoms with van der Waals surface area (Å²) in [5, 5.41) is 28.2. The Hall–Kier alpha value is -6.28. The van der Waals surface area contributed by atoms with Gasteiger partial charge in [0.25, 0.3) is 0 Å². The van der Waals surface area contributed by atoms with Crippen molar-refractivity contribution in [3.63, 3.8) is 0 Å². The van der Waals surface area contributed by atoms with Crippen molar-refractivity contribution in [1.29, 1.82) is 0 Å². The summed E-state index contributed by atoms with van der Waals surface area (Å²) < 4.78 is 22.1. The Labute approximate surface area is 608 Å². The van der Waals surface area contributed by atoms with E-state index in [-0.39, 0.29) is 49.9 Å². The van der Waals surface area contributed by atoms with Gasteiger partial charge < -0.3 is 24.4 Å². The summed E-state index contributed by atoms with van der Waals surface area (Å²) in [4.78, 5) is 30.5. The number of fused-ring (bicyclic) bond motifs is 6. The molecule has 534 valence electrons. The second-order valence-electron chi connectivity index (χ2n) is 37.9. The molecule has 0 radical (unpaired) electrons. The number of ketones is 1. The van der Waals surface area contributed by atoms with Crippen LogP contribution in [0.5, 0.6) is 0 Å². The van der Waals surface area contributed by atoms with Crippen molar-refractivity contribution in [2.75, 3.05) is 26.2 Å². The number of β-amino-alcohol motifs (C(OH)–C–C–N with tert-alkyl or cyclic N) is 2. The first kappa shape index (κ1) is 65.0. The van der Waals surface area contributed by atoms with E-state index in [1.807, 2.05) is 51.0 Å². The quantitative estimate of drug-likeness (QED) is 0.171. The molecule has 5 saturated heterocycles. The van der Waals surface area contributed by atoms with Crippen molar-refractivity contribution < 1.29 is 29.2 Å². The van der Waals surface area contributed by atoms with E-state index in [2.05, 4.69) is 155 Å². The largest absolute Gasteiger partial charge is 0.388 e. The van der Waals surface area contributed by atoms with E-state index in [1.54, 1.807) is 11.1 Å². The highest BCUT2D eigenvalue weighted by atomic mass is 16.5. The standard InChI is InChI=1S/2C32H38N2O2.C28H29NO2/c2*1-29(35)19-34(20-29)26-6-5-24-16-25-9-11-30(2)27(22-4-3-21-10-14-33-18-23(21)15-22)7-8-28(30)32(25)13-12-31(24,17-26)36-32;1-26-10-8-22-15-21-4-5-23(30)16-27(21)11-12-28(22,31-27)25(26)7-6-24(26)19-3-2-18-9-13-29-17-20(18)14-19/h2*3-4,9-10,14-16,18,26-28,35H,5-8,11-13,17,19-20H2,1-2H3;2-3,8-9,13-15,17,24-25H,4-7,10-12,16H2,1H3/t26-,27+,28+,30+,31+,32+;26-,27-,28-,30-,31-,32-;24-,25-,26-,27-,28-/m011/s1. The van der Waals surface area contributed by atoms with Gasteiger partial charge in [-0.05, 0) is 310 Å². The minimum absolute atomic E-state index is 0.0767. The monoisotopic (exact) mass is 1380 g/mol. The number of hydrogen-bond donors (Lipinski definition) is 2. The van der Waals surface area contributed by atoms with E-state index in [1.165, 1.54) is 123 Å². The Morgan fingerprint density at radius 3 is 1.15 bits per heavy atom. The maximum absolute atomic E-state index is 12.4. The fourth-order valence-corrected chi connectivity index (χ4v) is 27.4. The molecule has 6 bridgehead atoms. The average molecular weight is 1380 g/mol. The van der Waals surface area contributed by atoms with Crippen molar-refractivity contribution in [3.8, 4) is 0 Å². The summed E-state index contributed by atoms with van der Waals surface area (Å²) in [7, 11) is 0. The maximum atomic E-state index is 12.4. The van der Waals surface area contributed by atoms with Crippen LogP contribution in [0.4, 0.5) is 0 Å². The highest BCUT2D eigenvalue weighted by Crippen LogP contribution is 2.73. The molecule has 23 rings (SSSR count). The molecule has 6 aromatic rings. The number of Topliss-reactive ketones (excluding diaryl/α,β-unsaturated/α-hetero) is 1. The third kappa shape index (κ3) is 9.49. The van der Waals surface area contributed by atoms with Crippen LogP contribution < -0.4 is 0 Å². The van der Waals surface area contributed by atoms with Crippen LogP contribution in [-0.2, 0) is 19.0 Å². The molecule has 17 atom stereocenters. The van der Waals surface area contributed by atoms with Crippen molar-refractivity contribution >= 4 is 38.1 Å². The van der Waals surface area contributed by atoms with Gasteiger partial charge in [-0.3, -0.25) is 29.5 Å². The van der Waals surface area contributed by atoms with Gasteiger partial charge in [0, 0.05) is 104 Å². The normalized spacial score (nSPS) is 42.1. The van der Waals surface area contributed by atoms with Crippen LogP contribution in [0.25, 0.3) is 32.3 Å². The Morgan fingerprint density at radius 1 is 0.408 bits per heavy atom. The van der Waals surface area contributed by atoms with Crippen LogP contribution in [0.1, 0.15) is 223 Å². The van der Waals surface area contributed by atoms with Gasteiger partial charge in [-0.15, -0.1) is 0 Å². The molecule has 11 heterocycles. The zero-order valence-electron chi connectivity index (χ0n) is 61.5. The summed E-state index contributed by atoms with van der Waals surface area (Å²) in [6.07, 6.45) is 53.6. The molecular weight excluding hydrogens is 1270 g/mol. The number of carbonyl (C=O) groups excluding carboxylic acids is 1. The zero-order chi connectivity index (χ0) is 69.5. The van der Waals surface area contributed by atoms with Crippen LogP contribution in [-0.4, -0.2) is 124 Å². The molecule has 6 spiro atoms. The van der Waals surface area contributed by atoms with E-state index in [0.29, 0.717) is 66.2 Å². The van der Waals surface area contributed by atoms with Gasteiger partial charge in [0.15, 0.2) is 0 Å². The number of aliphatic hydroxyl groups is 2. The molecule has 3 aromatic heterocycles. The van der Waals surface area contributed by atoms with Gasteiger partial charge in [-0.25, -0.2) is 0 Å². The second-order valence-corrected chi connectivity index (χ2v) is 37.9. The predicted molar refractivity (Wildman–Crippen MR) is 404 cm³/mol. The second kappa shape index (κ2) is 22.4. The van der Waals surface area contributed by atoms with Crippen molar-refractivity contribution in [1.82, 2.24) is 24.8 Å². The number of ether oxygens (including phenoxy) is 3. The van der Waals surface area contributed by atoms with Crippen LogP contribution in [0.3, 0.4) is 0 Å². The molecule has 0 amide bonds. The molecule has 8 aliphatic heterocycles. The predicted octanol–water partition coefficient (Wildman–Crippen LogP) is 17.9. The van der Waals surface area contributed by atoms with Crippen molar-refractivity contribution in [3.05, 3.63) is 197 Å². The average Bonchev–Trinajstić information content (AvgIpc) is 1.54. The van der Waals surface area contributed by atoms with Crippen molar-refractivity contribution in [2.24, 2.45) is 34.0 Å². The molecule has 3 aromatic carbocycles. The van der Waals surface area contributed by atoms with E-state index in [0.717, 1.165) is 116 Å². The van der Waals surface area contributed by atoms with Crippen molar-refractivity contribution in [2.45, 2.75) is 263 Å². The van der Waals surface area contributed by atoms with Gasteiger partial charge in [0.2, 0.25) is 0 Å². The topological polar surface area (TPSA) is 130 Å². The molecule has 2 N–H and O–H groups in total. The van der Waals surface area contributed by atoms with E-state index in [9.17, 15) is 15.0 Å². The molecule has 17 aliphatic rings. The number of carbonyl (C=O) groups is 1. The lowest BCUT2D eigenvalue weighted by Crippen LogP contribution is -2.65. The third-order valence-corrected chi connectivity index (χ3v) is 32.2. The van der Waals surface area contributed by atoms with Crippen LogP contribution in [0.15, 0.2) is 180 Å². The molecule has 0 unspecified atom stereocenters. The first-order valence-corrected chi connectivity index (χ1v) is 40.4. The van der Waals surface area contributed by atoms with Gasteiger partial charge in [0.05, 0.1) is 44.8 Å². The molecule has 9 aliphatic carbocycles. The molecule has 11 nitrogen and oxygen atoms in total. The molecule has 11 fully saturated rings. The zero-order valence-corrected chi connectivity index (χ0v) is 61.5. The minimum atomic E-state index is -0.503. The first-order valence-electron chi connectivity index (χ1n) is 40.4. The van der Waals surface area contributed by atoms with E-state index >= 15 is 0 Å². The maximum Gasteiger partial charge on any atom is 0.136 e.